The average molecular weight is 318 g/mol. The van der Waals surface area contributed by atoms with Crippen LogP contribution in [-0.4, -0.2) is 28.4 Å². The second-order valence-electron chi connectivity index (χ2n) is 4.06. The standard InChI is InChI=1S/C12H13BrFNO3/c1-7(2)15(6-16)11(12(17)18)8-3-4-10(14)9(13)5-8/h3-7,11H,1-2H3,(H,17,18). The van der Waals surface area contributed by atoms with Crippen molar-refractivity contribution in [2.24, 2.45) is 0 Å². The summed E-state index contributed by atoms with van der Waals surface area (Å²) in [6.07, 6.45) is 0.487. The van der Waals surface area contributed by atoms with Crippen LogP contribution in [-0.2, 0) is 9.59 Å². The average Bonchev–Trinajstić information content (AvgIpc) is 2.28. The molecule has 0 saturated carbocycles. The van der Waals surface area contributed by atoms with Gasteiger partial charge in [0, 0.05) is 6.04 Å². The Balaban J connectivity index is 3.23. The monoisotopic (exact) mass is 317 g/mol. The van der Waals surface area contributed by atoms with E-state index < -0.39 is 17.8 Å². The topological polar surface area (TPSA) is 57.6 Å². The second-order valence-corrected chi connectivity index (χ2v) is 4.92. The molecule has 1 aromatic rings. The normalized spacial score (nSPS) is 12.3. The summed E-state index contributed by atoms with van der Waals surface area (Å²) < 4.78 is 13.3. The van der Waals surface area contributed by atoms with Crippen molar-refractivity contribution in [1.29, 1.82) is 0 Å². The lowest BCUT2D eigenvalue weighted by Gasteiger charge is -2.29. The SMILES string of the molecule is CC(C)N(C=O)C(C(=O)O)c1ccc(F)c(Br)c1. The van der Waals surface area contributed by atoms with Crippen molar-refractivity contribution in [3.8, 4) is 0 Å². The molecule has 0 bridgehead atoms. The zero-order valence-electron chi connectivity index (χ0n) is 9.93. The maximum absolute atomic E-state index is 13.1. The first kappa shape index (κ1) is 14.6. The fourth-order valence-electron chi connectivity index (χ4n) is 1.61. The molecule has 18 heavy (non-hydrogen) atoms. The van der Waals surface area contributed by atoms with Gasteiger partial charge in [-0.15, -0.1) is 0 Å². The van der Waals surface area contributed by atoms with Crippen LogP contribution in [0.25, 0.3) is 0 Å². The Bertz CT molecular complexity index is 465. The number of nitrogens with zero attached hydrogens (tertiary/aromatic N) is 1. The van der Waals surface area contributed by atoms with Crippen molar-refractivity contribution in [2.45, 2.75) is 25.9 Å². The lowest BCUT2D eigenvalue weighted by Crippen LogP contribution is -2.38. The molecule has 1 unspecified atom stereocenters. The summed E-state index contributed by atoms with van der Waals surface area (Å²) >= 11 is 3.00. The van der Waals surface area contributed by atoms with Crippen molar-refractivity contribution in [3.63, 3.8) is 0 Å². The van der Waals surface area contributed by atoms with E-state index in [-0.39, 0.29) is 10.5 Å². The number of rotatable bonds is 5. The van der Waals surface area contributed by atoms with E-state index in [0.717, 1.165) is 0 Å². The zero-order chi connectivity index (χ0) is 13.9. The molecule has 1 amide bonds. The van der Waals surface area contributed by atoms with Crippen molar-refractivity contribution in [3.05, 3.63) is 34.1 Å². The van der Waals surface area contributed by atoms with Crippen LogP contribution in [0.15, 0.2) is 22.7 Å². The van der Waals surface area contributed by atoms with E-state index in [4.69, 9.17) is 0 Å². The summed E-state index contributed by atoms with van der Waals surface area (Å²) in [5, 5.41) is 9.23. The van der Waals surface area contributed by atoms with Crippen molar-refractivity contribution < 1.29 is 19.1 Å². The van der Waals surface area contributed by atoms with E-state index in [2.05, 4.69) is 15.9 Å². The Kier molecular flexibility index (Phi) is 4.84. The van der Waals surface area contributed by atoms with E-state index in [1.54, 1.807) is 13.8 Å². The molecule has 0 aliphatic heterocycles. The minimum Gasteiger partial charge on any atom is -0.479 e. The predicted molar refractivity (Wildman–Crippen MR) is 67.5 cm³/mol. The van der Waals surface area contributed by atoms with Crippen LogP contribution in [0.4, 0.5) is 4.39 Å². The molecule has 98 valence electrons. The summed E-state index contributed by atoms with van der Waals surface area (Å²) in [5.41, 5.74) is 0.344. The van der Waals surface area contributed by atoms with Crippen LogP contribution < -0.4 is 0 Å². The van der Waals surface area contributed by atoms with Gasteiger partial charge in [-0.3, -0.25) is 4.79 Å². The van der Waals surface area contributed by atoms with Gasteiger partial charge < -0.3 is 10.0 Å². The van der Waals surface area contributed by atoms with Gasteiger partial charge in [-0.25, -0.2) is 9.18 Å². The first-order valence-electron chi connectivity index (χ1n) is 5.29. The number of hydrogen-bond donors (Lipinski definition) is 1. The van der Waals surface area contributed by atoms with Gasteiger partial charge in [0.1, 0.15) is 5.82 Å². The zero-order valence-corrected chi connectivity index (χ0v) is 11.5. The van der Waals surface area contributed by atoms with E-state index in [0.29, 0.717) is 12.0 Å². The van der Waals surface area contributed by atoms with E-state index in [9.17, 15) is 19.1 Å². The van der Waals surface area contributed by atoms with Gasteiger partial charge in [0.25, 0.3) is 0 Å². The highest BCUT2D eigenvalue weighted by molar-refractivity contribution is 9.10. The van der Waals surface area contributed by atoms with Gasteiger partial charge in [0.15, 0.2) is 6.04 Å². The van der Waals surface area contributed by atoms with Gasteiger partial charge in [0.05, 0.1) is 4.47 Å². The summed E-state index contributed by atoms with van der Waals surface area (Å²) in [4.78, 5) is 23.5. The first-order chi connectivity index (χ1) is 8.38. The predicted octanol–water partition coefficient (Wildman–Crippen LogP) is 2.58. The van der Waals surface area contributed by atoms with Gasteiger partial charge in [-0.2, -0.15) is 0 Å². The number of aliphatic carboxylic acids is 1. The van der Waals surface area contributed by atoms with Crippen molar-refractivity contribution in [2.75, 3.05) is 0 Å². The third-order valence-corrected chi connectivity index (χ3v) is 3.12. The third kappa shape index (κ3) is 3.07. The molecular formula is C12H13BrFNO3. The number of carboxylic acids is 1. The molecule has 0 spiro atoms. The van der Waals surface area contributed by atoms with Gasteiger partial charge in [0.2, 0.25) is 6.41 Å². The van der Waals surface area contributed by atoms with Crippen molar-refractivity contribution >= 4 is 28.3 Å². The minimum absolute atomic E-state index is 0.167. The molecule has 0 saturated heterocycles. The molecular weight excluding hydrogens is 305 g/mol. The molecule has 0 aliphatic rings. The Morgan fingerprint density at radius 3 is 2.50 bits per heavy atom. The number of benzene rings is 1. The van der Waals surface area contributed by atoms with Gasteiger partial charge in [-0.05, 0) is 47.5 Å². The Labute approximate surface area is 113 Å². The van der Waals surface area contributed by atoms with Gasteiger partial charge in [-0.1, -0.05) is 6.07 Å². The van der Waals surface area contributed by atoms with E-state index in [1.165, 1.54) is 23.1 Å². The van der Waals surface area contributed by atoms with E-state index >= 15 is 0 Å². The molecule has 0 heterocycles. The smallest absolute Gasteiger partial charge is 0.331 e. The summed E-state index contributed by atoms with van der Waals surface area (Å²) in [5.74, 6) is -1.64. The van der Waals surface area contributed by atoms with Crippen LogP contribution in [0.2, 0.25) is 0 Å². The van der Waals surface area contributed by atoms with Gasteiger partial charge >= 0.3 is 5.97 Å². The molecule has 1 atom stereocenters. The largest absolute Gasteiger partial charge is 0.479 e. The number of carboxylic acid groups (broad SMARTS) is 1. The molecule has 1 N–H and O–H groups in total. The van der Waals surface area contributed by atoms with Crippen molar-refractivity contribution in [1.82, 2.24) is 4.90 Å². The maximum atomic E-state index is 13.1. The number of halogens is 2. The fraction of sp³-hybridized carbons (Fsp3) is 0.333. The number of hydrogen-bond acceptors (Lipinski definition) is 2. The summed E-state index contributed by atoms with van der Waals surface area (Å²) in [7, 11) is 0. The lowest BCUT2D eigenvalue weighted by atomic mass is 10.0. The molecule has 0 radical (unpaired) electrons. The molecule has 0 fully saturated rings. The highest BCUT2D eigenvalue weighted by atomic mass is 79.9. The minimum atomic E-state index is -1.16. The quantitative estimate of drug-likeness (QED) is 0.849. The third-order valence-electron chi connectivity index (χ3n) is 2.51. The van der Waals surface area contributed by atoms with E-state index in [1.807, 2.05) is 0 Å². The highest BCUT2D eigenvalue weighted by Gasteiger charge is 2.28. The molecule has 6 heteroatoms. The Morgan fingerprint density at radius 1 is 1.50 bits per heavy atom. The second kappa shape index (κ2) is 5.95. The fourth-order valence-corrected chi connectivity index (χ4v) is 2.00. The van der Waals surface area contributed by atoms with Crippen LogP contribution >= 0.6 is 15.9 Å². The van der Waals surface area contributed by atoms with Crippen LogP contribution in [0, 0.1) is 5.82 Å². The summed E-state index contributed by atoms with van der Waals surface area (Å²) in [6.45, 7) is 3.42. The summed E-state index contributed by atoms with van der Waals surface area (Å²) in [6, 6.07) is 2.50. The Hall–Kier alpha value is -1.43. The number of carbonyl (C=O) groups is 2. The molecule has 0 aromatic heterocycles. The van der Waals surface area contributed by atoms with Crippen LogP contribution in [0.3, 0.4) is 0 Å². The number of amides is 1. The lowest BCUT2D eigenvalue weighted by molar-refractivity contribution is -0.148. The van der Waals surface area contributed by atoms with Crippen LogP contribution in [0.1, 0.15) is 25.5 Å². The molecule has 1 rings (SSSR count). The molecule has 1 aromatic carbocycles. The maximum Gasteiger partial charge on any atom is 0.331 e. The Morgan fingerprint density at radius 2 is 2.11 bits per heavy atom. The highest BCUT2D eigenvalue weighted by Crippen LogP contribution is 2.26. The first-order valence-corrected chi connectivity index (χ1v) is 6.08. The number of carbonyl (C=O) groups excluding carboxylic acids is 1. The molecule has 4 nitrogen and oxygen atoms in total. The molecule has 0 aliphatic carbocycles. The van der Waals surface area contributed by atoms with Crippen LogP contribution in [0.5, 0.6) is 0 Å².